The van der Waals surface area contributed by atoms with Gasteiger partial charge in [-0.05, 0) is 32.0 Å². The summed E-state index contributed by atoms with van der Waals surface area (Å²) >= 11 is 0. The molecule has 1 N–H and O–H groups in total. The van der Waals surface area contributed by atoms with Gasteiger partial charge in [-0.2, -0.15) is 0 Å². The molecule has 0 saturated heterocycles. The number of nitrogens with zero attached hydrogens (tertiary/aromatic N) is 3. The third-order valence-electron chi connectivity index (χ3n) is 2.77. The van der Waals surface area contributed by atoms with E-state index in [4.69, 9.17) is 5.11 Å². The second-order valence-corrected chi connectivity index (χ2v) is 4.13. The van der Waals surface area contributed by atoms with E-state index in [1.54, 1.807) is 0 Å². The molecule has 0 aliphatic rings. The highest BCUT2D eigenvalue weighted by atomic mass is 16.4. The Bertz CT molecular complexity index is 581. The monoisotopic (exact) mass is 257 g/mol. The first-order valence-corrected chi connectivity index (χ1v) is 6.02. The van der Waals surface area contributed by atoms with Gasteiger partial charge in [-0.3, -0.25) is 0 Å². The van der Waals surface area contributed by atoms with Crippen LogP contribution in [0.3, 0.4) is 0 Å². The predicted octanol–water partition coefficient (Wildman–Crippen LogP) is 2.64. The summed E-state index contributed by atoms with van der Waals surface area (Å²) in [6.45, 7) is 4.64. The van der Waals surface area contributed by atoms with Gasteiger partial charge in [0.25, 0.3) is 0 Å². The third-order valence-corrected chi connectivity index (χ3v) is 2.77. The van der Waals surface area contributed by atoms with Gasteiger partial charge in [0, 0.05) is 18.4 Å². The fourth-order valence-corrected chi connectivity index (χ4v) is 1.76. The molecule has 0 fully saturated rings. The van der Waals surface area contributed by atoms with E-state index in [1.807, 2.05) is 43.0 Å². The molecule has 0 atom stereocenters. The van der Waals surface area contributed by atoms with Crippen molar-refractivity contribution in [1.29, 1.82) is 0 Å². The van der Waals surface area contributed by atoms with Crippen LogP contribution in [-0.2, 0) is 0 Å². The maximum Gasteiger partial charge on any atom is 0.354 e. The van der Waals surface area contributed by atoms with E-state index < -0.39 is 5.97 Å². The lowest BCUT2D eigenvalue weighted by molar-refractivity contribution is 0.0690. The number of hydrogen-bond acceptors (Lipinski definition) is 4. The molecule has 0 aliphatic carbocycles. The molecule has 0 radical (unpaired) electrons. The maximum absolute atomic E-state index is 10.9. The summed E-state index contributed by atoms with van der Waals surface area (Å²) in [6.07, 6.45) is 1.46. The Morgan fingerprint density at radius 2 is 1.95 bits per heavy atom. The van der Waals surface area contributed by atoms with Gasteiger partial charge in [0.1, 0.15) is 0 Å². The summed E-state index contributed by atoms with van der Waals surface area (Å²) in [5.74, 6) is -0.658. The zero-order chi connectivity index (χ0) is 13.8. The second kappa shape index (κ2) is 5.48. The van der Waals surface area contributed by atoms with Crippen molar-refractivity contribution in [2.45, 2.75) is 13.8 Å². The Morgan fingerprint density at radius 1 is 1.26 bits per heavy atom. The zero-order valence-corrected chi connectivity index (χ0v) is 10.9. The van der Waals surface area contributed by atoms with Crippen LogP contribution in [0.1, 0.15) is 23.0 Å². The molecule has 2 aromatic rings. The highest BCUT2D eigenvalue weighted by molar-refractivity contribution is 5.85. The average molecular weight is 257 g/mol. The first-order valence-electron chi connectivity index (χ1n) is 6.02. The molecule has 0 spiro atoms. The Balaban J connectivity index is 2.39. The van der Waals surface area contributed by atoms with Crippen LogP contribution in [0.4, 0.5) is 11.6 Å². The minimum absolute atomic E-state index is 0.00411. The summed E-state index contributed by atoms with van der Waals surface area (Å²) in [5, 5.41) is 8.96. The van der Waals surface area contributed by atoms with Crippen molar-refractivity contribution in [1.82, 2.24) is 9.97 Å². The molecular formula is C14H15N3O2. The number of aromatic nitrogens is 2. The molecule has 0 bridgehead atoms. The van der Waals surface area contributed by atoms with Gasteiger partial charge in [-0.1, -0.05) is 17.7 Å². The molecule has 5 nitrogen and oxygen atoms in total. The fourth-order valence-electron chi connectivity index (χ4n) is 1.76. The number of anilines is 2. The molecular weight excluding hydrogens is 242 g/mol. The number of benzene rings is 1. The van der Waals surface area contributed by atoms with Crippen molar-refractivity contribution in [3.8, 4) is 0 Å². The normalized spacial score (nSPS) is 10.2. The van der Waals surface area contributed by atoms with Crippen molar-refractivity contribution < 1.29 is 9.90 Å². The summed E-state index contributed by atoms with van der Waals surface area (Å²) in [7, 11) is 0. The highest BCUT2D eigenvalue weighted by Crippen LogP contribution is 2.21. The van der Waals surface area contributed by atoms with E-state index in [0.29, 0.717) is 12.5 Å². The molecule has 2 rings (SSSR count). The van der Waals surface area contributed by atoms with Gasteiger partial charge >= 0.3 is 5.97 Å². The number of carboxylic acids is 1. The van der Waals surface area contributed by atoms with Gasteiger partial charge in [-0.15, -0.1) is 0 Å². The molecule has 1 heterocycles. The zero-order valence-electron chi connectivity index (χ0n) is 10.9. The minimum Gasteiger partial charge on any atom is -0.477 e. The number of aromatic carboxylic acids is 1. The van der Waals surface area contributed by atoms with Crippen LogP contribution in [-0.4, -0.2) is 27.6 Å². The topological polar surface area (TPSA) is 66.3 Å². The molecule has 98 valence electrons. The molecule has 0 amide bonds. The van der Waals surface area contributed by atoms with Crippen molar-refractivity contribution in [3.63, 3.8) is 0 Å². The molecule has 1 aromatic heterocycles. The quantitative estimate of drug-likeness (QED) is 0.912. The Labute approximate surface area is 111 Å². The lowest BCUT2D eigenvalue weighted by Gasteiger charge is -2.21. The number of carbonyl (C=O) groups is 1. The number of rotatable bonds is 4. The summed E-state index contributed by atoms with van der Waals surface area (Å²) in [4.78, 5) is 21.0. The predicted molar refractivity (Wildman–Crippen MR) is 72.9 cm³/mol. The van der Waals surface area contributed by atoms with E-state index in [1.165, 1.54) is 17.8 Å². The van der Waals surface area contributed by atoms with Gasteiger partial charge in [-0.25, -0.2) is 14.8 Å². The average Bonchev–Trinajstić information content (AvgIpc) is 2.42. The summed E-state index contributed by atoms with van der Waals surface area (Å²) in [5.41, 5.74) is 2.10. The van der Waals surface area contributed by atoms with E-state index in [0.717, 1.165) is 5.69 Å². The standard InChI is InChI=1S/C14H15N3O2/c1-3-17(11-6-4-10(2)5-7-11)14-15-9-8-12(16-14)13(18)19/h4-9H,3H2,1-2H3,(H,18,19). The van der Waals surface area contributed by atoms with Crippen LogP contribution in [0.25, 0.3) is 0 Å². The van der Waals surface area contributed by atoms with Crippen LogP contribution < -0.4 is 4.90 Å². The SMILES string of the molecule is CCN(c1ccc(C)cc1)c1nccc(C(=O)O)n1. The largest absolute Gasteiger partial charge is 0.477 e. The number of hydrogen-bond donors (Lipinski definition) is 1. The lowest BCUT2D eigenvalue weighted by atomic mass is 10.2. The van der Waals surface area contributed by atoms with Crippen LogP contribution in [0.2, 0.25) is 0 Å². The molecule has 5 heteroatoms. The first kappa shape index (κ1) is 13.0. The Hall–Kier alpha value is -2.43. The number of carboxylic acid groups (broad SMARTS) is 1. The van der Waals surface area contributed by atoms with Gasteiger partial charge in [0.15, 0.2) is 5.69 Å². The van der Waals surface area contributed by atoms with E-state index in [2.05, 4.69) is 9.97 Å². The van der Waals surface area contributed by atoms with Crippen LogP contribution >= 0.6 is 0 Å². The molecule has 0 saturated carbocycles. The number of aryl methyl sites for hydroxylation is 1. The Morgan fingerprint density at radius 3 is 2.53 bits per heavy atom. The smallest absolute Gasteiger partial charge is 0.354 e. The summed E-state index contributed by atoms with van der Waals surface area (Å²) < 4.78 is 0. The Kier molecular flexibility index (Phi) is 3.75. The minimum atomic E-state index is -1.05. The van der Waals surface area contributed by atoms with Crippen molar-refractivity contribution in [3.05, 3.63) is 47.8 Å². The third kappa shape index (κ3) is 2.88. The van der Waals surface area contributed by atoms with Gasteiger partial charge in [0.2, 0.25) is 5.95 Å². The van der Waals surface area contributed by atoms with E-state index >= 15 is 0 Å². The van der Waals surface area contributed by atoms with E-state index in [-0.39, 0.29) is 5.69 Å². The van der Waals surface area contributed by atoms with Crippen molar-refractivity contribution >= 4 is 17.6 Å². The molecule has 1 aromatic carbocycles. The van der Waals surface area contributed by atoms with Crippen molar-refractivity contribution in [2.24, 2.45) is 0 Å². The van der Waals surface area contributed by atoms with Gasteiger partial charge < -0.3 is 10.0 Å². The van der Waals surface area contributed by atoms with Crippen LogP contribution in [0.5, 0.6) is 0 Å². The molecule has 0 unspecified atom stereocenters. The van der Waals surface area contributed by atoms with Gasteiger partial charge in [0.05, 0.1) is 0 Å². The van der Waals surface area contributed by atoms with Crippen LogP contribution in [0, 0.1) is 6.92 Å². The first-order chi connectivity index (χ1) is 9.11. The molecule has 0 aliphatic heterocycles. The highest BCUT2D eigenvalue weighted by Gasteiger charge is 2.13. The second-order valence-electron chi connectivity index (χ2n) is 4.13. The maximum atomic E-state index is 10.9. The van der Waals surface area contributed by atoms with Crippen LogP contribution in [0.15, 0.2) is 36.5 Å². The fraction of sp³-hybridized carbons (Fsp3) is 0.214. The van der Waals surface area contributed by atoms with E-state index in [9.17, 15) is 4.79 Å². The summed E-state index contributed by atoms with van der Waals surface area (Å²) in [6, 6.07) is 9.32. The molecule has 19 heavy (non-hydrogen) atoms. The lowest BCUT2D eigenvalue weighted by Crippen LogP contribution is -2.19. The van der Waals surface area contributed by atoms with Crippen molar-refractivity contribution in [2.75, 3.05) is 11.4 Å².